The van der Waals surface area contributed by atoms with Gasteiger partial charge in [0.1, 0.15) is 18.0 Å². The first kappa shape index (κ1) is 31.8. The van der Waals surface area contributed by atoms with Gasteiger partial charge in [-0.25, -0.2) is 4.79 Å². The molecule has 1 saturated carbocycles. The molecule has 1 amide bonds. The van der Waals surface area contributed by atoms with Gasteiger partial charge in [-0.05, 0) is 92.1 Å². The number of piperidine rings is 1. The van der Waals surface area contributed by atoms with E-state index in [-0.39, 0.29) is 23.6 Å². The number of benzene rings is 2. The number of methoxy groups -OCH3 is 1. The van der Waals surface area contributed by atoms with Gasteiger partial charge in [-0.2, -0.15) is 4.98 Å². The molecule has 4 aromatic rings. The first-order valence-electron chi connectivity index (χ1n) is 16.0. The van der Waals surface area contributed by atoms with Gasteiger partial charge >= 0.3 is 6.09 Å². The number of halogens is 1. The van der Waals surface area contributed by atoms with Crippen LogP contribution < -0.4 is 10.3 Å². The Hall–Kier alpha value is -3.15. The van der Waals surface area contributed by atoms with Crippen LogP contribution in [0, 0.1) is 0 Å². The quantitative estimate of drug-likeness (QED) is 0.178. The number of ether oxygens (including phenoxy) is 4. The molecule has 0 atom stereocenters. The van der Waals surface area contributed by atoms with Crippen LogP contribution in [0.5, 0.6) is 5.75 Å². The second kappa shape index (κ2) is 13.3. The van der Waals surface area contributed by atoms with Gasteiger partial charge < -0.3 is 28.4 Å². The molecule has 6 rings (SSSR count). The molecular weight excluding hydrogens is 640 g/mol. The van der Waals surface area contributed by atoms with Crippen molar-refractivity contribution < 1.29 is 23.7 Å². The van der Waals surface area contributed by atoms with Crippen LogP contribution in [0.15, 0.2) is 39.6 Å². The van der Waals surface area contributed by atoms with E-state index in [2.05, 4.69) is 37.0 Å². The second-order valence-electron chi connectivity index (χ2n) is 13.1. The number of carbonyl (C=O) groups excluding carboxylic acids is 1. The number of imidazole rings is 1. The number of rotatable bonds is 9. The van der Waals surface area contributed by atoms with Crippen molar-refractivity contribution in [2.45, 2.75) is 76.9 Å². The van der Waals surface area contributed by atoms with E-state index in [0.717, 1.165) is 70.9 Å². The Balaban J connectivity index is 1.45. The van der Waals surface area contributed by atoms with Crippen LogP contribution in [0.1, 0.15) is 76.8 Å². The molecule has 0 N–H and O–H groups in total. The summed E-state index contributed by atoms with van der Waals surface area (Å²) in [5.41, 5.74) is 3.16. The molecule has 1 aliphatic carbocycles. The Morgan fingerprint density at radius 1 is 0.978 bits per heavy atom. The summed E-state index contributed by atoms with van der Waals surface area (Å²) in [6, 6.07) is 10.5. The Morgan fingerprint density at radius 3 is 2.42 bits per heavy atom. The van der Waals surface area contributed by atoms with Crippen LogP contribution >= 0.6 is 15.9 Å². The second-order valence-corrected chi connectivity index (χ2v) is 13.9. The van der Waals surface area contributed by atoms with Gasteiger partial charge in [-0.3, -0.25) is 9.20 Å². The molecule has 0 unspecified atom stereocenters. The van der Waals surface area contributed by atoms with Crippen molar-refractivity contribution in [3.63, 3.8) is 0 Å². The van der Waals surface area contributed by atoms with E-state index in [9.17, 15) is 9.59 Å². The fourth-order valence-electron chi connectivity index (χ4n) is 6.79. The minimum absolute atomic E-state index is 0.187. The first-order valence-corrected chi connectivity index (χ1v) is 16.8. The topological polar surface area (TPSA) is 96.5 Å². The van der Waals surface area contributed by atoms with E-state index in [4.69, 9.17) is 23.9 Å². The summed E-state index contributed by atoms with van der Waals surface area (Å²) in [6.45, 7) is 8.75. The SMILES string of the molecule is COCCOCCOc1cc2c(cc1C1CCN(C(=O)OC(C)(C)C)CC1)n(C1CCCC1)c1nc(=O)c3c(Br)cccc3n21. The largest absolute Gasteiger partial charge is 0.491 e. The minimum atomic E-state index is -0.533. The van der Waals surface area contributed by atoms with Crippen LogP contribution in [0.4, 0.5) is 4.79 Å². The average Bonchev–Trinajstić information content (AvgIpc) is 3.63. The number of nitrogens with zero attached hydrogens (tertiary/aromatic N) is 4. The van der Waals surface area contributed by atoms with Gasteiger partial charge in [0.15, 0.2) is 0 Å². The van der Waals surface area contributed by atoms with Crippen molar-refractivity contribution in [1.82, 2.24) is 18.9 Å². The molecule has 10 nitrogen and oxygen atoms in total. The highest BCUT2D eigenvalue weighted by atomic mass is 79.9. The van der Waals surface area contributed by atoms with Crippen molar-refractivity contribution >= 4 is 49.7 Å². The normalized spacial score (nSPS) is 16.8. The molecule has 1 saturated heterocycles. The van der Waals surface area contributed by atoms with Crippen LogP contribution in [-0.4, -0.2) is 77.2 Å². The van der Waals surface area contributed by atoms with Crippen LogP contribution in [-0.2, 0) is 14.2 Å². The third-order valence-corrected chi connectivity index (χ3v) is 9.53. The van der Waals surface area contributed by atoms with Crippen LogP contribution in [0.25, 0.3) is 27.7 Å². The van der Waals surface area contributed by atoms with Gasteiger partial charge in [0.2, 0.25) is 5.78 Å². The van der Waals surface area contributed by atoms with Gasteiger partial charge in [0.05, 0.1) is 41.8 Å². The number of amides is 1. The summed E-state index contributed by atoms with van der Waals surface area (Å²) < 4.78 is 28.1. The Morgan fingerprint density at radius 2 is 1.71 bits per heavy atom. The zero-order valence-corrected chi connectivity index (χ0v) is 28.2. The van der Waals surface area contributed by atoms with Crippen molar-refractivity contribution in [2.75, 3.05) is 46.6 Å². The lowest BCUT2D eigenvalue weighted by atomic mass is 9.88. The predicted octanol–water partition coefficient (Wildman–Crippen LogP) is 6.84. The third kappa shape index (κ3) is 6.57. The number of likely N-dealkylation sites (tertiary alicyclic amines) is 1. The van der Waals surface area contributed by atoms with Crippen molar-refractivity contribution in [3.8, 4) is 5.75 Å². The zero-order valence-electron chi connectivity index (χ0n) is 26.6. The first-order chi connectivity index (χ1) is 21.7. The lowest BCUT2D eigenvalue weighted by Crippen LogP contribution is -2.41. The highest BCUT2D eigenvalue weighted by Gasteiger charge is 2.31. The van der Waals surface area contributed by atoms with E-state index >= 15 is 0 Å². The van der Waals surface area contributed by atoms with Crippen molar-refractivity contribution in [2.24, 2.45) is 0 Å². The summed E-state index contributed by atoms with van der Waals surface area (Å²) in [4.78, 5) is 32.7. The summed E-state index contributed by atoms with van der Waals surface area (Å²) >= 11 is 3.60. The molecule has 0 bridgehead atoms. The monoisotopic (exact) mass is 682 g/mol. The van der Waals surface area contributed by atoms with Gasteiger partial charge in [0, 0.05) is 36.8 Å². The molecule has 2 fully saturated rings. The summed E-state index contributed by atoms with van der Waals surface area (Å²) in [6.07, 6.45) is 5.72. The maximum atomic E-state index is 13.4. The number of aromatic nitrogens is 3. The third-order valence-electron chi connectivity index (χ3n) is 8.86. The molecule has 2 aromatic carbocycles. The fourth-order valence-corrected chi connectivity index (χ4v) is 7.31. The molecule has 2 aromatic heterocycles. The van der Waals surface area contributed by atoms with E-state index in [1.807, 2.05) is 39.0 Å². The molecule has 3 heterocycles. The average molecular weight is 684 g/mol. The van der Waals surface area contributed by atoms with Crippen molar-refractivity contribution in [1.29, 1.82) is 0 Å². The number of carbonyl (C=O) groups is 1. The zero-order chi connectivity index (χ0) is 31.7. The molecule has 0 spiro atoms. The maximum Gasteiger partial charge on any atom is 0.410 e. The lowest BCUT2D eigenvalue weighted by molar-refractivity contribution is 0.0204. The van der Waals surface area contributed by atoms with Gasteiger partial charge in [-0.1, -0.05) is 18.9 Å². The lowest BCUT2D eigenvalue weighted by Gasteiger charge is -2.34. The van der Waals surface area contributed by atoms with Crippen LogP contribution in [0.2, 0.25) is 0 Å². The van der Waals surface area contributed by atoms with Gasteiger partial charge in [-0.15, -0.1) is 0 Å². The molecule has 2 aliphatic rings. The maximum absolute atomic E-state index is 13.4. The van der Waals surface area contributed by atoms with E-state index < -0.39 is 5.60 Å². The fraction of sp³-hybridized carbons (Fsp3) is 0.559. The molecule has 1 aliphatic heterocycles. The smallest absolute Gasteiger partial charge is 0.410 e. The number of hydrogen-bond donors (Lipinski definition) is 0. The summed E-state index contributed by atoms with van der Waals surface area (Å²) in [7, 11) is 1.65. The molecule has 242 valence electrons. The Labute approximate surface area is 271 Å². The number of fused-ring (bicyclic) bond motifs is 5. The summed E-state index contributed by atoms with van der Waals surface area (Å²) in [5, 5.41) is 0.563. The number of hydrogen-bond acceptors (Lipinski definition) is 7. The molecule has 45 heavy (non-hydrogen) atoms. The van der Waals surface area contributed by atoms with E-state index in [0.29, 0.717) is 50.7 Å². The van der Waals surface area contributed by atoms with E-state index in [1.54, 1.807) is 12.0 Å². The van der Waals surface area contributed by atoms with Gasteiger partial charge in [0.25, 0.3) is 5.56 Å². The highest BCUT2D eigenvalue weighted by Crippen LogP contribution is 2.42. The summed E-state index contributed by atoms with van der Waals surface area (Å²) in [5.74, 6) is 1.64. The molecule has 11 heteroatoms. The van der Waals surface area contributed by atoms with Crippen LogP contribution in [0.3, 0.4) is 0 Å². The van der Waals surface area contributed by atoms with E-state index in [1.165, 1.54) is 0 Å². The Bertz CT molecular complexity index is 1750. The molecule has 0 radical (unpaired) electrons. The Kier molecular flexibility index (Phi) is 9.40. The molecular formula is C34H43BrN4O6. The highest BCUT2D eigenvalue weighted by molar-refractivity contribution is 9.10. The minimum Gasteiger partial charge on any atom is -0.491 e. The standard InChI is InChI=1S/C34H43BrN4O6/c1-34(2,3)45-33(41)37-14-12-22(13-15-37)24-20-27-28(21-29(24)44-19-18-43-17-16-42-4)39-26-11-7-10-25(35)30(26)31(40)36-32(39)38(27)23-8-5-6-9-23/h7,10-11,20-23H,5-6,8-9,12-19H2,1-4H3. The predicted molar refractivity (Wildman–Crippen MR) is 178 cm³/mol. The van der Waals surface area contributed by atoms with Crippen molar-refractivity contribution in [3.05, 3.63) is 50.7 Å².